The number of allylic oxidation sites excluding steroid dienone is 1. The molecule has 0 aliphatic heterocycles. The molecule has 0 aromatic heterocycles. The highest BCUT2D eigenvalue weighted by Crippen LogP contribution is 2.37. The molecule has 1 aliphatic rings. The van der Waals surface area contributed by atoms with Crippen LogP contribution < -0.4 is 0 Å². The molecule has 0 heteroatoms. The molecule has 1 aromatic carbocycles. The fourth-order valence-electron chi connectivity index (χ4n) is 3.09. The lowest BCUT2D eigenvalue weighted by atomic mass is 9.80. The van der Waals surface area contributed by atoms with Gasteiger partial charge in [-0.15, -0.1) is 0 Å². The Kier molecular flexibility index (Phi) is 3.42. The number of fused-ring (bicyclic) bond motifs is 1. The van der Waals surface area contributed by atoms with Crippen LogP contribution >= 0.6 is 0 Å². The van der Waals surface area contributed by atoms with Crippen molar-refractivity contribution in [3.8, 4) is 0 Å². The van der Waals surface area contributed by atoms with Crippen LogP contribution in [0.25, 0.3) is 6.08 Å². The van der Waals surface area contributed by atoms with Gasteiger partial charge in [-0.25, -0.2) is 0 Å². The van der Waals surface area contributed by atoms with E-state index in [1.54, 1.807) is 0 Å². The van der Waals surface area contributed by atoms with Gasteiger partial charge in [-0.2, -0.15) is 0 Å². The summed E-state index contributed by atoms with van der Waals surface area (Å²) in [5, 5.41) is 0. The molecule has 1 aliphatic carbocycles. The Hall–Kier alpha value is -1.04. The Labute approximate surface area is 106 Å². The summed E-state index contributed by atoms with van der Waals surface area (Å²) in [6, 6.07) is 8.79. The molecule has 17 heavy (non-hydrogen) atoms. The molecule has 0 amide bonds. The van der Waals surface area contributed by atoms with Crippen LogP contribution in [0.1, 0.15) is 57.6 Å². The van der Waals surface area contributed by atoms with E-state index < -0.39 is 0 Å². The van der Waals surface area contributed by atoms with Gasteiger partial charge in [0.05, 0.1) is 0 Å². The predicted octanol–water partition coefficient (Wildman–Crippen LogP) is 5.26. The fraction of sp³-hybridized carbons (Fsp3) is 0.529. The molecule has 92 valence electrons. The molecule has 0 spiro atoms. The van der Waals surface area contributed by atoms with Crippen molar-refractivity contribution >= 4 is 6.08 Å². The van der Waals surface area contributed by atoms with Gasteiger partial charge in [-0.1, -0.05) is 64.1 Å². The first-order chi connectivity index (χ1) is 7.96. The average Bonchev–Trinajstić information content (AvgIpc) is 2.59. The largest absolute Gasteiger partial charge is 0.0764 e. The maximum absolute atomic E-state index is 2.39. The Balaban J connectivity index is 2.00. The molecule has 2 atom stereocenters. The molecule has 0 nitrogen and oxygen atoms in total. The van der Waals surface area contributed by atoms with Crippen LogP contribution in [0.2, 0.25) is 0 Å². The summed E-state index contributed by atoms with van der Waals surface area (Å²) >= 11 is 0. The van der Waals surface area contributed by atoms with E-state index in [0.717, 1.165) is 5.92 Å². The smallest absolute Gasteiger partial charge is 0.00297 e. The van der Waals surface area contributed by atoms with Gasteiger partial charge >= 0.3 is 0 Å². The van der Waals surface area contributed by atoms with Gasteiger partial charge < -0.3 is 0 Å². The standard InChI is InChI=1S/C17H24/c1-13(12-17(2,3)4)11-15-10-9-14-7-5-6-8-16(14)15/h5-10,13,15H,11-12H2,1-4H3. The van der Waals surface area contributed by atoms with Gasteiger partial charge in [0.15, 0.2) is 0 Å². The van der Waals surface area contributed by atoms with Crippen LogP contribution in [0.4, 0.5) is 0 Å². The Bertz CT molecular complexity index is 406. The summed E-state index contributed by atoms with van der Waals surface area (Å²) in [6.45, 7) is 9.39. The highest BCUT2D eigenvalue weighted by atomic mass is 14.3. The molecule has 0 N–H and O–H groups in total. The summed E-state index contributed by atoms with van der Waals surface area (Å²) in [7, 11) is 0. The van der Waals surface area contributed by atoms with E-state index in [1.165, 1.54) is 24.0 Å². The SMILES string of the molecule is CC(CC1C=Cc2ccccc21)CC(C)(C)C. The first-order valence-electron chi connectivity index (χ1n) is 6.73. The molecule has 2 unspecified atom stereocenters. The summed E-state index contributed by atoms with van der Waals surface area (Å²) in [4.78, 5) is 0. The minimum atomic E-state index is 0.446. The first-order valence-corrected chi connectivity index (χ1v) is 6.73. The Morgan fingerprint density at radius 2 is 1.88 bits per heavy atom. The fourth-order valence-corrected chi connectivity index (χ4v) is 3.09. The summed E-state index contributed by atoms with van der Waals surface area (Å²) in [5.74, 6) is 1.43. The van der Waals surface area contributed by atoms with Crippen molar-refractivity contribution in [2.75, 3.05) is 0 Å². The van der Waals surface area contributed by atoms with Gasteiger partial charge in [-0.05, 0) is 35.3 Å². The lowest BCUT2D eigenvalue weighted by Crippen LogP contribution is -2.12. The van der Waals surface area contributed by atoms with Crippen LogP contribution in [0.15, 0.2) is 30.3 Å². The maximum Gasteiger partial charge on any atom is 0.00297 e. The van der Waals surface area contributed by atoms with E-state index >= 15 is 0 Å². The predicted molar refractivity (Wildman–Crippen MR) is 76.1 cm³/mol. The van der Waals surface area contributed by atoms with Crippen molar-refractivity contribution in [3.63, 3.8) is 0 Å². The van der Waals surface area contributed by atoms with Crippen molar-refractivity contribution in [2.45, 2.75) is 46.5 Å². The summed E-state index contributed by atoms with van der Waals surface area (Å²) in [6.07, 6.45) is 7.25. The number of hydrogen-bond donors (Lipinski definition) is 0. The molecular formula is C17H24. The molecular weight excluding hydrogens is 204 g/mol. The zero-order valence-corrected chi connectivity index (χ0v) is 11.5. The van der Waals surface area contributed by atoms with Crippen molar-refractivity contribution in [1.82, 2.24) is 0 Å². The van der Waals surface area contributed by atoms with Crippen molar-refractivity contribution in [1.29, 1.82) is 0 Å². The summed E-state index contributed by atoms with van der Waals surface area (Å²) in [5.41, 5.74) is 3.38. The van der Waals surface area contributed by atoms with E-state index in [9.17, 15) is 0 Å². The molecule has 0 saturated heterocycles. The van der Waals surface area contributed by atoms with Gasteiger partial charge in [0.25, 0.3) is 0 Å². The van der Waals surface area contributed by atoms with Crippen LogP contribution in [0.5, 0.6) is 0 Å². The van der Waals surface area contributed by atoms with Crippen LogP contribution in [0, 0.1) is 11.3 Å². The third kappa shape index (κ3) is 3.21. The quantitative estimate of drug-likeness (QED) is 0.662. The van der Waals surface area contributed by atoms with E-state index in [-0.39, 0.29) is 0 Å². The first kappa shape index (κ1) is 12.4. The van der Waals surface area contributed by atoms with Gasteiger partial charge in [-0.3, -0.25) is 0 Å². The van der Waals surface area contributed by atoms with Crippen molar-refractivity contribution < 1.29 is 0 Å². The van der Waals surface area contributed by atoms with E-state index in [1.807, 2.05) is 0 Å². The zero-order valence-electron chi connectivity index (χ0n) is 11.5. The second-order valence-corrected chi connectivity index (χ2v) is 6.70. The monoisotopic (exact) mass is 228 g/mol. The average molecular weight is 228 g/mol. The molecule has 0 fully saturated rings. The third-order valence-corrected chi connectivity index (χ3v) is 3.52. The molecule has 0 bridgehead atoms. The molecule has 0 heterocycles. The normalized spacial score (nSPS) is 20.4. The van der Waals surface area contributed by atoms with Crippen LogP contribution in [0.3, 0.4) is 0 Å². The van der Waals surface area contributed by atoms with Gasteiger partial charge in [0, 0.05) is 5.92 Å². The molecule has 0 radical (unpaired) electrons. The van der Waals surface area contributed by atoms with Gasteiger partial charge in [0.1, 0.15) is 0 Å². The highest BCUT2D eigenvalue weighted by Gasteiger charge is 2.22. The zero-order chi connectivity index (χ0) is 12.5. The number of benzene rings is 1. The second kappa shape index (κ2) is 4.68. The lowest BCUT2D eigenvalue weighted by Gasteiger charge is -2.25. The van der Waals surface area contributed by atoms with Crippen LogP contribution in [-0.2, 0) is 0 Å². The third-order valence-electron chi connectivity index (χ3n) is 3.52. The second-order valence-electron chi connectivity index (χ2n) is 6.70. The number of hydrogen-bond acceptors (Lipinski definition) is 0. The Morgan fingerprint density at radius 1 is 1.18 bits per heavy atom. The molecule has 1 aromatic rings. The summed E-state index contributed by atoms with van der Waals surface area (Å²) < 4.78 is 0. The minimum absolute atomic E-state index is 0.446. The van der Waals surface area contributed by atoms with Crippen molar-refractivity contribution in [3.05, 3.63) is 41.5 Å². The maximum atomic E-state index is 2.39. The topological polar surface area (TPSA) is 0 Å². The van der Waals surface area contributed by atoms with Gasteiger partial charge in [0.2, 0.25) is 0 Å². The number of rotatable bonds is 3. The van der Waals surface area contributed by atoms with Crippen LogP contribution in [-0.4, -0.2) is 0 Å². The van der Waals surface area contributed by atoms with E-state index in [4.69, 9.17) is 0 Å². The lowest BCUT2D eigenvalue weighted by molar-refractivity contribution is 0.292. The van der Waals surface area contributed by atoms with E-state index in [2.05, 4.69) is 64.1 Å². The Morgan fingerprint density at radius 3 is 2.59 bits per heavy atom. The van der Waals surface area contributed by atoms with E-state index in [0.29, 0.717) is 11.3 Å². The molecule has 2 rings (SSSR count). The minimum Gasteiger partial charge on any atom is -0.0764 e. The highest BCUT2D eigenvalue weighted by molar-refractivity contribution is 5.62. The van der Waals surface area contributed by atoms with Crippen molar-refractivity contribution in [2.24, 2.45) is 11.3 Å². The molecule has 0 saturated carbocycles.